The Balaban J connectivity index is 1.63. The lowest BCUT2D eigenvalue weighted by atomic mass is 10.0. The highest BCUT2D eigenvalue weighted by molar-refractivity contribution is 6.30. The van der Waals surface area contributed by atoms with Gasteiger partial charge in [0.1, 0.15) is 12.4 Å². The fourth-order valence-electron chi connectivity index (χ4n) is 4.10. The molecule has 1 unspecified atom stereocenters. The molecule has 3 aromatic rings. The summed E-state index contributed by atoms with van der Waals surface area (Å²) >= 11 is 6.07. The van der Waals surface area contributed by atoms with Crippen molar-refractivity contribution in [1.29, 1.82) is 0 Å². The minimum Gasteiger partial charge on any atom is -0.383 e. The van der Waals surface area contributed by atoms with E-state index in [2.05, 4.69) is 5.10 Å². The number of hydrogen-bond donors (Lipinski definition) is 0. The third kappa shape index (κ3) is 5.44. The normalized spacial score (nSPS) is 15.3. The van der Waals surface area contributed by atoms with Crippen molar-refractivity contribution in [1.82, 2.24) is 14.5 Å². The molecule has 1 atom stereocenters. The molecule has 2 aromatic carbocycles. The number of aryl methyl sites for hydroxylation is 1. The molecule has 0 saturated carbocycles. The number of aromatic nitrogens is 1. The molecule has 0 fully saturated rings. The van der Waals surface area contributed by atoms with Crippen molar-refractivity contribution in [2.75, 3.05) is 26.8 Å². The van der Waals surface area contributed by atoms with Gasteiger partial charge in [-0.3, -0.25) is 9.59 Å². The summed E-state index contributed by atoms with van der Waals surface area (Å²) in [5.41, 5.74) is 2.44. The number of rotatable bonds is 8. The Labute approximate surface area is 208 Å². The molecule has 7 nitrogen and oxygen atoms in total. The maximum absolute atomic E-state index is 14.3. The molecular weight excluding hydrogens is 471 g/mol. The molecule has 0 saturated heterocycles. The van der Waals surface area contributed by atoms with Crippen LogP contribution in [0.3, 0.4) is 0 Å². The van der Waals surface area contributed by atoms with E-state index in [9.17, 15) is 14.0 Å². The number of amides is 2. The summed E-state index contributed by atoms with van der Waals surface area (Å²) in [6.07, 6.45) is 2.42. The first kappa shape index (κ1) is 24.6. The zero-order valence-corrected chi connectivity index (χ0v) is 20.3. The molecule has 2 heterocycles. The molecule has 1 aliphatic heterocycles. The van der Waals surface area contributed by atoms with Crippen LogP contribution in [0.15, 0.2) is 72.0 Å². The summed E-state index contributed by atoms with van der Waals surface area (Å²) in [6, 6.07) is 16.5. The van der Waals surface area contributed by atoms with Crippen molar-refractivity contribution in [3.63, 3.8) is 0 Å². The Morgan fingerprint density at radius 2 is 1.89 bits per heavy atom. The van der Waals surface area contributed by atoms with E-state index in [1.165, 1.54) is 35.2 Å². The van der Waals surface area contributed by atoms with Crippen LogP contribution in [0.25, 0.3) is 0 Å². The lowest BCUT2D eigenvalue weighted by Crippen LogP contribution is -2.43. The van der Waals surface area contributed by atoms with Crippen LogP contribution in [0.4, 0.5) is 4.39 Å². The molecule has 9 heteroatoms. The molecule has 2 amide bonds. The molecule has 0 aliphatic carbocycles. The lowest BCUT2D eigenvalue weighted by molar-refractivity contribution is -0.133. The quantitative estimate of drug-likeness (QED) is 0.467. The van der Waals surface area contributed by atoms with Crippen molar-refractivity contribution in [2.45, 2.75) is 12.5 Å². The lowest BCUT2D eigenvalue weighted by Gasteiger charge is -2.27. The van der Waals surface area contributed by atoms with Gasteiger partial charge in [-0.1, -0.05) is 35.9 Å². The SMILES string of the molecule is COCCN(CC(=O)N1N=C(c2cccn2C)CC1c1ccc(Cl)cc1)C(=O)c1ccccc1F. The van der Waals surface area contributed by atoms with Gasteiger partial charge in [0, 0.05) is 38.3 Å². The predicted octanol–water partition coefficient (Wildman–Crippen LogP) is 4.28. The Kier molecular flexibility index (Phi) is 7.63. The van der Waals surface area contributed by atoms with E-state index in [1.54, 1.807) is 18.2 Å². The minimum atomic E-state index is -0.642. The summed E-state index contributed by atoms with van der Waals surface area (Å²) in [5, 5.41) is 6.67. The average molecular weight is 497 g/mol. The first-order valence-corrected chi connectivity index (χ1v) is 11.6. The number of methoxy groups -OCH3 is 1. The van der Waals surface area contributed by atoms with E-state index in [1.807, 2.05) is 42.1 Å². The van der Waals surface area contributed by atoms with E-state index < -0.39 is 11.7 Å². The van der Waals surface area contributed by atoms with Gasteiger partial charge in [-0.2, -0.15) is 5.10 Å². The maximum Gasteiger partial charge on any atom is 0.262 e. The van der Waals surface area contributed by atoms with Crippen LogP contribution in [0.2, 0.25) is 5.02 Å². The topological polar surface area (TPSA) is 67.1 Å². The highest BCUT2D eigenvalue weighted by Gasteiger charge is 2.35. The van der Waals surface area contributed by atoms with Gasteiger partial charge >= 0.3 is 0 Å². The van der Waals surface area contributed by atoms with E-state index in [0.717, 1.165) is 17.0 Å². The Morgan fingerprint density at radius 1 is 1.14 bits per heavy atom. The number of hydrazone groups is 1. The van der Waals surface area contributed by atoms with Crippen molar-refractivity contribution >= 4 is 29.1 Å². The summed E-state index contributed by atoms with van der Waals surface area (Å²) < 4.78 is 21.4. The van der Waals surface area contributed by atoms with Crippen LogP contribution in [0, 0.1) is 5.82 Å². The summed E-state index contributed by atoms with van der Waals surface area (Å²) in [5.74, 6) is -1.60. The molecule has 0 N–H and O–H groups in total. The van der Waals surface area contributed by atoms with Crippen LogP contribution < -0.4 is 0 Å². The number of carbonyl (C=O) groups excluding carboxylic acids is 2. The van der Waals surface area contributed by atoms with E-state index in [4.69, 9.17) is 16.3 Å². The molecular formula is C26H26ClFN4O3. The Hall–Kier alpha value is -3.49. The highest BCUT2D eigenvalue weighted by atomic mass is 35.5. The second kappa shape index (κ2) is 10.8. The first-order valence-electron chi connectivity index (χ1n) is 11.2. The summed E-state index contributed by atoms with van der Waals surface area (Å²) in [4.78, 5) is 28.0. The third-order valence-electron chi connectivity index (χ3n) is 5.94. The Bertz CT molecular complexity index is 1240. The summed E-state index contributed by atoms with van der Waals surface area (Å²) in [7, 11) is 3.42. The van der Waals surface area contributed by atoms with Gasteiger partial charge in [0.2, 0.25) is 0 Å². The van der Waals surface area contributed by atoms with Gasteiger partial charge < -0.3 is 14.2 Å². The molecule has 0 bridgehead atoms. The number of ether oxygens (including phenoxy) is 1. The van der Waals surface area contributed by atoms with Crippen molar-refractivity contribution in [2.24, 2.45) is 12.1 Å². The van der Waals surface area contributed by atoms with E-state index in [-0.39, 0.29) is 37.2 Å². The second-order valence-electron chi connectivity index (χ2n) is 8.26. The van der Waals surface area contributed by atoms with Gasteiger partial charge in [-0.25, -0.2) is 9.40 Å². The minimum absolute atomic E-state index is 0.0972. The number of carbonyl (C=O) groups is 2. The van der Waals surface area contributed by atoms with Crippen LogP contribution in [-0.4, -0.2) is 58.8 Å². The molecule has 1 aromatic heterocycles. The van der Waals surface area contributed by atoms with Gasteiger partial charge in [0.15, 0.2) is 0 Å². The third-order valence-corrected chi connectivity index (χ3v) is 6.19. The van der Waals surface area contributed by atoms with E-state index >= 15 is 0 Å². The number of halogens is 2. The molecule has 0 spiro atoms. The molecule has 35 heavy (non-hydrogen) atoms. The molecule has 0 radical (unpaired) electrons. The van der Waals surface area contributed by atoms with Gasteiger partial charge in [-0.15, -0.1) is 0 Å². The highest BCUT2D eigenvalue weighted by Crippen LogP contribution is 2.33. The number of hydrogen-bond acceptors (Lipinski definition) is 4. The largest absolute Gasteiger partial charge is 0.383 e. The van der Waals surface area contributed by atoms with Crippen LogP contribution in [-0.2, 0) is 16.6 Å². The maximum atomic E-state index is 14.3. The van der Waals surface area contributed by atoms with Gasteiger partial charge in [0.05, 0.1) is 29.6 Å². The average Bonchev–Trinajstić information content (AvgIpc) is 3.48. The van der Waals surface area contributed by atoms with E-state index in [0.29, 0.717) is 11.4 Å². The Morgan fingerprint density at radius 3 is 2.54 bits per heavy atom. The zero-order valence-electron chi connectivity index (χ0n) is 19.5. The summed E-state index contributed by atoms with van der Waals surface area (Å²) in [6.45, 7) is 0.0553. The fourth-order valence-corrected chi connectivity index (χ4v) is 4.22. The van der Waals surface area contributed by atoms with Crippen LogP contribution in [0.1, 0.15) is 34.1 Å². The van der Waals surface area contributed by atoms with Crippen LogP contribution in [0.5, 0.6) is 0 Å². The standard InChI is InChI=1S/C26H26ClFN4O3/c1-30-13-5-8-23(30)22-16-24(18-9-11-19(27)12-10-18)32(29-22)25(33)17-31(14-15-35-2)26(34)20-6-3-4-7-21(20)28/h3-13,24H,14-17H2,1-2H3. The predicted molar refractivity (Wildman–Crippen MR) is 132 cm³/mol. The van der Waals surface area contributed by atoms with Gasteiger partial charge in [0.25, 0.3) is 11.8 Å². The smallest absolute Gasteiger partial charge is 0.262 e. The monoisotopic (exact) mass is 496 g/mol. The number of benzene rings is 2. The number of nitrogens with zero attached hydrogens (tertiary/aromatic N) is 4. The van der Waals surface area contributed by atoms with Crippen molar-refractivity contribution in [3.05, 3.63) is 94.5 Å². The molecule has 4 rings (SSSR count). The zero-order chi connectivity index (χ0) is 24.9. The van der Waals surface area contributed by atoms with Crippen molar-refractivity contribution < 1.29 is 18.7 Å². The van der Waals surface area contributed by atoms with Gasteiger partial charge in [-0.05, 0) is 42.0 Å². The molecule has 182 valence electrons. The second-order valence-corrected chi connectivity index (χ2v) is 8.70. The molecule has 1 aliphatic rings. The first-order chi connectivity index (χ1) is 16.9. The fraction of sp³-hybridized carbons (Fsp3) is 0.269. The van der Waals surface area contributed by atoms with Crippen LogP contribution >= 0.6 is 11.6 Å². The van der Waals surface area contributed by atoms with Crippen molar-refractivity contribution in [3.8, 4) is 0 Å².